The number of rotatable bonds is 3. The smallest absolute Gasteiger partial charge is 0.246 e. The molecule has 0 aromatic rings. The van der Waals surface area contributed by atoms with Crippen molar-refractivity contribution >= 4 is 5.91 Å². The molecule has 2 unspecified atom stereocenters. The van der Waals surface area contributed by atoms with E-state index in [-0.39, 0.29) is 12.0 Å². The summed E-state index contributed by atoms with van der Waals surface area (Å²) in [5.74, 6) is 1.00. The van der Waals surface area contributed by atoms with Crippen LogP contribution in [0, 0.1) is 11.8 Å². The molecule has 80 valence electrons. The van der Waals surface area contributed by atoms with Crippen LogP contribution in [0.2, 0.25) is 0 Å². The van der Waals surface area contributed by atoms with Crippen LogP contribution in [0.3, 0.4) is 0 Å². The zero-order valence-corrected chi connectivity index (χ0v) is 9.19. The number of ether oxygens (including phenoxy) is 1. The standard InChI is InChI=1S/C11H19NO2/c1-5-11(13)12-6-9(8(2)3)10(7-12)14-4/h5,8-10H,1,6-7H2,2-4H3. The second-order valence-electron chi connectivity index (χ2n) is 4.13. The minimum atomic E-state index is 0.00944. The highest BCUT2D eigenvalue weighted by atomic mass is 16.5. The van der Waals surface area contributed by atoms with Gasteiger partial charge in [-0.1, -0.05) is 20.4 Å². The third kappa shape index (κ3) is 2.15. The van der Waals surface area contributed by atoms with Gasteiger partial charge in [0.15, 0.2) is 0 Å². The SMILES string of the molecule is C=CC(=O)N1CC(OC)C(C(C)C)C1. The van der Waals surface area contributed by atoms with Gasteiger partial charge < -0.3 is 9.64 Å². The molecule has 3 heteroatoms. The van der Waals surface area contributed by atoms with E-state index in [4.69, 9.17) is 4.74 Å². The number of hydrogen-bond acceptors (Lipinski definition) is 2. The van der Waals surface area contributed by atoms with Crippen LogP contribution in [0.15, 0.2) is 12.7 Å². The van der Waals surface area contributed by atoms with Crippen molar-refractivity contribution in [3.8, 4) is 0 Å². The molecule has 14 heavy (non-hydrogen) atoms. The fourth-order valence-corrected chi connectivity index (χ4v) is 2.00. The number of carbonyl (C=O) groups is 1. The lowest BCUT2D eigenvalue weighted by molar-refractivity contribution is -0.125. The Morgan fingerprint density at radius 2 is 2.21 bits per heavy atom. The van der Waals surface area contributed by atoms with Crippen molar-refractivity contribution in [1.82, 2.24) is 4.90 Å². The molecule has 0 aromatic heterocycles. The Balaban J connectivity index is 2.64. The Labute approximate surface area is 85.7 Å². The van der Waals surface area contributed by atoms with Gasteiger partial charge in [0.1, 0.15) is 0 Å². The lowest BCUT2D eigenvalue weighted by Gasteiger charge is -2.19. The minimum absolute atomic E-state index is 0.00944. The first-order valence-corrected chi connectivity index (χ1v) is 5.04. The van der Waals surface area contributed by atoms with Crippen molar-refractivity contribution in [1.29, 1.82) is 0 Å². The van der Waals surface area contributed by atoms with Crippen LogP contribution in [0.25, 0.3) is 0 Å². The summed E-state index contributed by atoms with van der Waals surface area (Å²) in [6.45, 7) is 9.32. The van der Waals surface area contributed by atoms with Gasteiger partial charge in [-0.2, -0.15) is 0 Å². The molecule has 2 atom stereocenters. The number of likely N-dealkylation sites (tertiary alicyclic amines) is 1. The van der Waals surface area contributed by atoms with E-state index in [0.29, 0.717) is 18.4 Å². The Hall–Kier alpha value is -0.830. The highest BCUT2D eigenvalue weighted by Gasteiger charge is 2.36. The number of methoxy groups -OCH3 is 1. The molecule has 0 radical (unpaired) electrons. The van der Waals surface area contributed by atoms with E-state index in [1.165, 1.54) is 6.08 Å². The molecule has 1 heterocycles. The molecule has 1 saturated heterocycles. The van der Waals surface area contributed by atoms with Crippen LogP contribution in [0.4, 0.5) is 0 Å². The Kier molecular flexibility index (Phi) is 3.69. The average molecular weight is 197 g/mol. The fourth-order valence-electron chi connectivity index (χ4n) is 2.00. The van der Waals surface area contributed by atoms with Crippen LogP contribution in [-0.2, 0) is 9.53 Å². The monoisotopic (exact) mass is 197 g/mol. The largest absolute Gasteiger partial charge is 0.379 e. The number of hydrogen-bond donors (Lipinski definition) is 0. The highest BCUT2D eigenvalue weighted by molar-refractivity contribution is 5.87. The van der Waals surface area contributed by atoms with E-state index in [0.717, 1.165) is 6.54 Å². The molecule has 0 aliphatic carbocycles. The maximum absolute atomic E-state index is 11.4. The third-order valence-corrected chi connectivity index (χ3v) is 2.95. The fraction of sp³-hybridized carbons (Fsp3) is 0.727. The molecule has 0 spiro atoms. The van der Waals surface area contributed by atoms with Crippen molar-refractivity contribution in [3.63, 3.8) is 0 Å². The van der Waals surface area contributed by atoms with Gasteiger partial charge in [0.05, 0.1) is 6.10 Å². The molecule has 3 nitrogen and oxygen atoms in total. The van der Waals surface area contributed by atoms with Crippen LogP contribution in [0.1, 0.15) is 13.8 Å². The quantitative estimate of drug-likeness (QED) is 0.638. The van der Waals surface area contributed by atoms with Crippen LogP contribution in [0.5, 0.6) is 0 Å². The van der Waals surface area contributed by atoms with Gasteiger partial charge in [-0.3, -0.25) is 4.79 Å². The number of carbonyl (C=O) groups excluding carboxylic acids is 1. The first kappa shape index (κ1) is 11.2. The topological polar surface area (TPSA) is 29.5 Å². The van der Waals surface area contributed by atoms with Crippen molar-refractivity contribution in [2.45, 2.75) is 20.0 Å². The first-order valence-electron chi connectivity index (χ1n) is 5.04. The molecule has 1 rings (SSSR count). The maximum atomic E-state index is 11.4. The molecule has 1 aliphatic heterocycles. The van der Waals surface area contributed by atoms with Gasteiger partial charge in [0.25, 0.3) is 0 Å². The first-order chi connectivity index (χ1) is 6.60. The summed E-state index contributed by atoms with van der Waals surface area (Å²) in [4.78, 5) is 13.2. The second-order valence-corrected chi connectivity index (χ2v) is 4.13. The molecule has 0 N–H and O–H groups in total. The Morgan fingerprint density at radius 1 is 1.57 bits per heavy atom. The van der Waals surface area contributed by atoms with E-state index in [1.807, 2.05) is 4.90 Å². The third-order valence-electron chi connectivity index (χ3n) is 2.95. The van der Waals surface area contributed by atoms with Gasteiger partial charge in [0.2, 0.25) is 5.91 Å². The molecule has 0 saturated carbocycles. The van der Waals surface area contributed by atoms with Crippen molar-refractivity contribution in [2.24, 2.45) is 11.8 Å². The summed E-state index contributed by atoms with van der Waals surface area (Å²) >= 11 is 0. The molecular formula is C11H19NO2. The zero-order chi connectivity index (χ0) is 10.7. The van der Waals surface area contributed by atoms with Gasteiger partial charge in [-0.15, -0.1) is 0 Å². The normalized spacial score (nSPS) is 27.0. The van der Waals surface area contributed by atoms with Crippen molar-refractivity contribution in [2.75, 3.05) is 20.2 Å². The molecule has 1 amide bonds. The van der Waals surface area contributed by atoms with Gasteiger partial charge in [-0.05, 0) is 12.0 Å². The number of amides is 1. The summed E-state index contributed by atoms with van der Waals surface area (Å²) in [6, 6.07) is 0. The Morgan fingerprint density at radius 3 is 2.57 bits per heavy atom. The summed E-state index contributed by atoms with van der Waals surface area (Å²) in [5.41, 5.74) is 0. The van der Waals surface area contributed by atoms with Crippen LogP contribution in [-0.4, -0.2) is 37.1 Å². The van der Waals surface area contributed by atoms with Gasteiger partial charge >= 0.3 is 0 Å². The van der Waals surface area contributed by atoms with Gasteiger partial charge in [0, 0.05) is 26.1 Å². The predicted octanol–water partition coefficient (Wildman–Crippen LogP) is 1.30. The Bertz CT molecular complexity index is 225. The summed E-state index contributed by atoms with van der Waals surface area (Å²) in [5, 5.41) is 0. The lowest BCUT2D eigenvalue weighted by atomic mass is 9.93. The predicted molar refractivity (Wildman–Crippen MR) is 55.9 cm³/mol. The van der Waals surface area contributed by atoms with E-state index in [2.05, 4.69) is 20.4 Å². The van der Waals surface area contributed by atoms with Crippen LogP contribution < -0.4 is 0 Å². The summed E-state index contributed by atoms with van der Waals surface area (Å²) in [6.07, 6.45) is 1.55. The zero-order valence-electron chi connectivity index (χ0n) is 9.19. The summed E-state index contributed by atoms with van der Waals surface area (Å²) in [7, 11) is 1.71. The van der Waals surface area contributed by atoms with Gasteiger partial charge in [-0.25, -0.2) is 0 Å². The average Bonchev–Trinajstić information content (AvgIpc) is 2.60. The second kappa shape index (κ2) is 4.60. The van der Waals surface area contributed by atoms with E-state index in [9.17, 15) is 4.79 Å². The van der Waals surface area contributed by atoms with Crippen LogP contribution >= 0.6 is 0 Å². The minimum Gasteiger partial charge on any atom is -0.379 e. The van der Waals surface area contributed by atoms with E-state index in [1.54, 1.807) is 7.11 Å². The maximum Gasteiger partial charge on any atom is 0.246 e. The molecular weight excluding hydrogens is 178 g/mol. The number of nitrogens with zero attached hydrogens (tertiary/aromatic N) is 1. The van der Waals surface area contributed by atoms with E-state index < -0.39 is 0 Å². The molecule has 0 bridgehead atoms. The van der Waals surface area contributed by atoms with Crippen molar-refractivity contribution in [3.05, 3.63) is 12.7 Å². The highest BCUT2D eigenvalue weighted by Crippen LogP contribution is 2.26. The van der Waals surface area contributed by atoms with Crippen molar-refractivity contribution < 1.29 is 9.53 Å². The molecule has 1 aliphatic rings. The lowest BCUT2D eigenvalue weighted by Crippen LogP contribution is -2.28. The molecule has 0 aromatic carbocycles. The molecule has 1 fully saturated rings. The summed E-state index contributed by atoms with van der Waals surface area (Å²) < 4.78 is 5.38. The van der Waals surface area contributed by atoms with E-state index >= 15 is 0 Å².